The van der Waals surface area contributed by atoms with E-state index in [1.165, 1.54) is 0 Å². The zero-order valence-electron chi connectivity index (χ0n) is 12.5. The molecule has 6 nitrogen and oxygen atoms in total. The molecule has 0 aromatic carbocycles. The number of hydrogen-bond donors (Lipinski definition) is 2. The van der Waals surface area contributed by atoms with Gasteiger partial charge in [0, 0.05) is 18.8 Å². The molecule has 0 aliphatic carbocycles. The predicted octanol–water partition coefficient (Wildman–Crippen LogP) is 1.36. The number of carbonyl (C=O) groups is 2. The van der Waals surface area contributed by atoms with Crippen LogP contribution in [-0.4, -0.2) is 41.6 Å². The van der Waals surface area contributed by atoms with Crippen molar-refractivity contribution in [2.24, 2.45) is 0 Å². The van der Waals surface area contributed by atoms with E-state index >= 15 is 0 Å². The van der Waals surface area contributed by atoms with Crippen LogP contribution in [0.4, 0.5) is 5.82 Å². The van der Waals surface area contributed by atoms with E-state index in [2.05, 4.69) is 10.3 Å². The fourth-order valence-corrected chi connectivity index (χ4v) is 2.02. The first-order valence-electron chi connectivity index (χ1n) is 6.44. The lowest BCUT2D eigenvalue weighted by Crippen LogP contribution is -2.39. The van der Waals surface area contributed by atoms with Crippen LogP contribution in [0.25, 0.3) is 0 Å². The summed E-state index contributed by atoms with van der Waals surface area (Å²) in [5.74, 6) is -0.894. The predicted molar refractivity (Wildman–Crippen MR) is 77.2 cm³/mol. The van der Waals surface area contributed by atoms with Crippen LogP contribution in [0, 0.1) is 13.8 Å². The summed E-state index contributed by atoms with van der Waals surface area (Å²) in [4.78, 5) is 28.9. The molecule has 0 bridgehead atoms. The van der Waals surface area contributed by atoms with Gasteiger partial charge in [-0.05, 0) is 39.3 Å². The van der Waals surface area contributed by atoms with Crippen molar-refractivity contribution < 1.29 is 14.7 Å². The second kappa shape index (κ2) is 6.36. The molecule has 1 amide bonds. The van der Waals surface area contributed by atoms with Gasteiger partial charge in [0.1, 0.15) is 11.4 Å². The van der Waals surface area contributed by atoms with Crippen LogP contribution in [0.2, 0.25) is 0 Å². The Morgan fingerprint density at radius 3 is 2.50 bits per heavy atom. The van der Waals surface area contributed by atoms with Crippen molar-refractivity contribution in [2.75, 3.05) is 18.5 Å². The van der Waals surface area contributed by atoms with E-state index in [1.807, 2.05) is 13.8 Å². The van der Waals surface area contributed by atoms with Crippen molar-refractivity contribution in [3.05, 3.63) is 22.9 Å². The minimum atomic E-state index is -1.04. The van der Waals surface area contributed by atoms with E-state index in [0.717, 1.165) is 5.69 Å². The van der Waals surface area contributed by atoms with E-state index in [4.69, 9.17) is 0 Å². The largest absolute Gasteiger partial charge is 0.478 e. The molecule has 1 aromatic heterocycles. The Kier molecular flexibility index (Phi) is 5.07. The van der Waals surface area contributed by atoms with Gasteiger partial charge >= 0.3 is 5.97 Å². The molecule has 0 saturated heterocycles. The Balaban J connectivity index is 3.06. The number of rotatable bonds is 5. The fraction of sp³-hybridized carbons (Fsp3) is 0.500. The highest BCUT2D eigenvalue weighted by Crippen LogP contribution is 2.21. The molecular weight excluding hydrogens is 258 g/mol. The topological polar surface area (TPSA) is 82.5 Å². The summed E-state index contributed by atoms with van der Waals surface area (Å²) in [5, 5.41) is 12.1. The Bertz CT molecular complexity index is 527. The third-order valence-electron chi connectivity index (χ3n) is 2.73. The Labute approximate surface area is 118 Å². The number of aromatic carboxylic acids is 1. The molecule has 0 saturated carbocycles. The lowest BCUT2D eigenvalue weighted by atomic mass is 10.1. The number of carboxylic acid groups (broad SMARTS) is 1. The summed E-state index contributed by atoms with van der Waals surface area (Å²) in [7, 11) is 1.66. The van der Waals surface area contributed by atoms with Gasteiger partial charge in [0.2, 0.25) is 5.91 Å². The molecule has 0 spiro atoms. The van der Waals surface area contributed by atoms with Crippen molar-refractivity contribution in [1.82, 2.24) is 10.3 Å². The maximum atomic E-state index is 11.8. The van der Waals surface area contributed by atoms with Crippen LogP contribution in [0.1, 0.15) is 35.5 Å². The van der Waals surface area contributed by atoms with Gasteiger partial charge in [-0.1, -0.05) is 0 Å². The average Bonchev–Trinajstić information content (AvgIpc) is 2.25. The van der Waals surface area contributed by atoms with Gasteiger partial charge in [0.05, 0.1) is 6.54 Å². The SMILES string of the molecule is Cc1cc(C)c(C(=O)O)c(N(C)CC(=O)NC(C)C)n1. The number of aryl methyl sites for hydroxylation is 2. The Morgan fingerprint density at radius 1 is 1.40 bits per heavy atom. The van der Waals surface area contributed by atoms with Crippen molar-refractivity contribution in [1.29, 1.82) is 0 Å². The van der Waals surface area contributed by atoms with Gasteiger partial charge in [-0.2, -0.15) is 0 Å². The number of aromatic nitrogens is 1. The molecule has 0 aliphatic rings. The molecule has 0 aliphatic heterocycles. The second-order valence-electron chi connectivity index (χ2n) is 5.16. The van der Waals surface area contributed by atoms with Gasteiger partial charge in [-0.15, -0.1) is 0 Å². The lowest BCUT2D eigenvalue weighted by molar-refractivity contribution is -0.120. The first kappa shape index (κ1) is 15.9. The third kappa shape index (κ3) is 3.94. The normalized spacial score (nSPS) is 10.5. The van der Waals surface area contributed by atoms with Crippen molar-refractivity contribution in [2.45, 2.75) is 33.7 Å². The minimum absolute atomic E-state index is 0.0436. The van der Waals surface area contributed by atoms with E-state index in [0.29, 0.717) is 11.4 Å². The average molecular weight is 279 g/mol. The van der Waals surface area contributed by atoms with Crippen LogP contribution in [-0.2, 0) is 4.79 Å². The number of amides is 1. The van der Waals surface area contributed by atoms with Gasteiger partial charge in [0.25, 0.3) is 0 Å². The molecule has 20 heavy (non-hydrogen) atoms. The van der Waals surface area contributed by atoms with E-state index in [9.17, 15) is 14.7 Å². The molecule has 1 heterocycles. The molecule has 0 fully saturated rings. The molecule has 0 unspecified atom stereocenters. The highest BCUT2D eigenvalue weighted by molar-refractivity contribution is 5.95. The number of carboxylic acids is 1. The molecule has 2 N–H and O–H groups in total. The first-order valence-corrected chi connectivity index (χ1v) is 6.44. The zero-order chi connectivity index (χ0) is 15.4. The maximum Gasteiger partial charge on any atom is 0.339 e. The summed E-state index contributed by atoms with van der Waals surface area (Å²) in [6.07, 6.45) is 0. The van der Waals surface area contributed by atoms with E-state index in [1.54, 1.807) is 31.9 Å². The number of carbonyl (C=O) groups excluding carboxylic acids is 1. The van der Waals surface area contributed by atoms with Crippen LogP contribution >= 0.6 is 0 Å². The Morgan fingerprint density at radius 2 is 2.00 bits per heavy atom. The van der Waals surface area contributed by atoms with Crippen LogP contribution in [0.5, 0.6) is 0 Å². The zero-order valence-corrected chi connectivity index (χ0v) is 12.5. The highest BCUT2D eigenvalue weighted by atomic mass is 16.4. The number of pyridine rings is 1. The summed E-state index contributed by atoms with van der Waals surface area (Å²) >= 11 is 0. The molecule has 110 valence electrons. The monoisotopic (exact) mass is 279 g/mol. The van der Waals surface area contributed by atoms with Crippen LogP contribution < -0.4 is 10.2 Å². The highest BCUT2D eigenvalue weighted by Gasteiger charge is 2.20. The van der Waals surface area contributed by atoms with Crippen LogP contribution in [0.3, 0.4) is 0 Å². The lowest BCUT2D eigenvalue weighted by Gasteiger charge is -2.21. The number of nitrogens with one attached hydrogen (secondary N) is 1. The van der Waals surface area contributed by atoms with Gasteiger partial charge < -0.3 is 15.3 Å². The Hall–Kier alpha value is -2.11. The second-order valence-corrected chi connectivity index (χ2v) is 5.16. The maximum absolute atomic E-state index is 11.8. The van der Waals surface area contributed by atoms with E-state index < -0.39 is 5.97 Å². The standard InChI is InChI=1S/C14H21N3O3/c1-8(2)15-11(18)7-17(5)13-12(14(19)20)9(3)6-10(4)16-13/h6,8H,7H2,1-5H3,(H,15,18)(H,19,20). The van der Waals surface area contributed by atoms with Gasteiger partial charge in [-0.3, -0.25) is 4.79 Å². The van der Waals surface area contributed by atoms with Gasteiger partial charge in [0.15, 0.2) is 0 Å². The smallest absolute Gasteiger partial charge is 0.339 e. The summed E-state index contributed by atoms with van der Waals surface area (Å²) in [6.45, 7) is 7.33. The minimum Gasteiger partial charge on any atom is -0.478 e. The van der Waals surface area contributed by atoms with Crippen LogP contribution in [0.15, 0.2) is 6.07 Å². The molecule has 1 rings (SSSR count). The number of nitrogens with zero attached hydrogens (tertiary/aromatic N) is 2. The van der Waals surface area contributed by atoms with Crippen molar-refractivity contribution in [3.63, 3.8) is 0 Å². The molecule has 6 heteroatoms. The summed E-state index contributed by atoms with van der Waals surface area (Å²) in [5.41, 5.74) is 1.49. The quantitative estimate of drug-likeness (QED) is 0.850. The molecular formula is C14H21N3O3. The first-order chi connectivity index (χ1) is 9.22. The van der Waals surface area contributed by atoms with Crippen molar-refractivity contribution >= 4 is 17.7 Å². The fourth-order valence-electron chi connectivity index (χ4n) is 2.02. The number of anilines is 1. The molecule has 0 radical (unpaired) electrons. The van der Waals surface area contributed by atoms with Gasteiger partial charge in [-0.25, -0.2) is 9.78 Å². The third-order valence-corrected chi connectivity index (χ3v) is 2.73. The number of hydrogen-bond acceptors (Lipinski definition) is 4. The van der Waals surface area contributed by atoms with E-state index in [-0.39, 0.29) is 24.1 Å². The number of likely N-dealkylation sites (N-methyl/N-ethyl adjacent to an activating group) is 1. The van der Waals surface area contributed by atoms with Crippen molar-refractivity contribution in [3.8, 4) is 0 Å². The molecule has 0 atom stereocenters. The summed E-state index contributed by atoms with van der Waals surface area (Å²) in [6, 6.07) is 1.76. The summed E-state index contributed by atoms with van der Waals surface area (Å²) < 4.78 is 0. The molecule has 1 aromatic rings.